The van der Waals surface area contributed by atoms with Gasteiger partial charge in [0.2, 0.25) is 5.43 Å². The van der Waals surface area contributed by atoms with Crippen molar-refractivity contribution in [2.45, 2.75) is 47.1 Å². The maximum atomic E-state index is 14.4. The smallest absolute Gasteiger partial charge is 0.343 e. The second-order valence-electron chi connectivity index (χ2n) is 8.76. The van der Waals surface area contributed by atoms with Gasteiger partial charge in [-0.25, -0.2) is 14.1 Å². The molecule has 1 unspecified atom stereocenters. The largest absolute Gasteiger partial charge is 0.384 e. The summed E-state index contributed by atoms with van der Waals surface area (Å²) in [5.41, 5.74) is 1.20. The molecule has 30 heavy (non-hydrogen) atoms. The van der Waals surface area contributed by atoms with E-state index in [1.807, 2.05) is 33.8 Å². The Bertz CT molecular complexity index is 1180. The van der Waals surface area contributed by atoms with Gasteiger partial charge in [0.25, 0.3) is 0 Å². The van der Waals surface area contributed by atoms with Gasteiger partial charge in [0.15, 0.2) is 0 Å². The third-order valence-corrected chi connectivity index (χ3v) is 5.72. The van der Waals surface area contributed by atoms with Crippen LogP contribution in [0.4, 0.5) is 8.92 Å². The minimum absolute atomic E-state index is 0.105. The van der Waals surface area contributed by atoms with Crippen molar-refractivity contribution >= 4 is 16.9 Å². The van der Waals surface area contributed by atoms with Crippen LogP contribution in [0.3, 0.4) is 0 Å². The quantitative estimate of drug-likeness (QED) is 0.552. The summed E-state index contributed by atoms with van der Waals surface area (Å²) in [5.74, 6) is -1.61. The van der Waals surface area contributed by atoms with E-state index in [0.717, 1.165) is 0 Å². The Kier molecular flexibility index (Phi) is 5.79. The highest BCUT2D eigenvalue weighted by atomic mass is 19.3. The monoisotopic (exact) mass is 413 g/mol. The zero-order valence-electron chi connectivity index (χ0n) is 17.8. The zero-order chi connectivity index (χ0) is 22.2. The average molecular weight is 413 g/mol. The number of aryl methyl sites for hydroxylation is 1. The van der Waals surface area contributed by atoms with Crippen molar-refractivity contribution in [3.05, 3.63) is 80.9 Å². The van der Waals surface area contributed by atoms with Gasteiger partial charge >= 0.3 is 5.97 Å². The fourth-order valence-corrected chi connectivity index (χ4v) is 3.50. The molecule has 1 atom stereocenters. The first-order valence-corrected chi connectivity index (χ1v) is 9.79. The van der Waals surface area contributed by atoms with E-state index in [-0.39, 0.29) is 34.6 Å². The number of hydrogen-bond acceptors (Lipinski definition) is 3. The van der Waals surface area contributed by atoms with Crippen LogP contribution in [0, 0.1) is 18.2 Å². The maximum absolute atomic E-state index is 14.4. The number of carbonyl (C=O) groups is 1. The van der Waals surface area contributed by atoms with Gasteiger partial charge in [-0.1, -0.05) is 45.0 Å². The molecule has 2 aromatic carbocycles. The van der Waals surface area contributed by atoms with E-state index in [1.54, 1.807) is 41.8 Å². The number of pyridine rings is 1. The van der Waals surface area contributed by atoms with Gasteiger partial charge in [0.05, 0.1) is 5.52 Å². The molecule has 3 rings (SSSR count). The van der Waals surface area contributed by atoms with E-state index in [2.05, 4.69) is 4.94 Å². The number of benzene rings is 2. The molecule has 4 nitrogen and oxygen atoms in total. The number of fused-ring (bicyclic) bond motifs is 1. The van der Waals surface area contributed by atoms with Crippen LogP contribution in [0.25, 0.3) is 10.9 Å². The van der Waals surface area contributed by atoms with Crippen LogP contribution >= 0.6 is 0 Å². The Hall–Kier alpha value is -3.02. The predicted molar refractivity (Wildman–Crippen MR) is 113 cm³/mol. The predicted octanol–water partition coefficient (Wildman–Crippen LogP) is 5.69. The fraction of sp³-hybridized carbons (Fsp3) is 0.333. The summed E-state index contributed by atoms with van der Waals surface area (Å²) in [6.45, 7) is 9.75. The van der Waals surface area contributed by atoms with E-state index in [1.165, 1.54) is 6.20 Å². The summed E-state index contributed by atoms with van der Waals surface area (Å²) in [4.78, 5) is 28.2. The second kappa shape index (κ2) is 8.01. The maximum Gasteiger partial charge on any atom is 0.384 e. The summed E-state index contributed by atoms with van der Waals surface area (Å²) in [5, 5.41) is 0.263. The number of aromatic nitrogens is 1. The Morgan fingerprint density at radius 2 is 1.90 bits per heavy atom. The van der Waals surface area contributed by atoms with Crippen LogP contribution in [0.15, 0.2) is 47.4 Å². The Balaban J connectivity index is 2.22. The van der Waals surface area contributed by atoms with Crippen LogP contribution in [0.2, 0.25) is 0 Å². The minimum Gasteiger partial charge on any atom is -0.343 e. The molecule has 6 heteroatoms. The van der Waals surface area contributed by atoms with Crippen molar-refractivity contribution in [1.29, 1.82) is 0 Å². The van der Waals surface area contributed by atoms with Crippen molar-refractivity contribution in [2.24, 2.45) is 5.41 Å². The number of hydrogen-bond donors (Lipinski definition) is 0. The van der Waals surface area contributed by atoms with E-state index >= 15 is 0 Å². The van der Waals surface area contributed by atoms with Crippen molar-refractivity contribution in [3.8, 4) is 0 Å². The van der Waals surface area contributed by atoms with E-state index in [9.17, 15) is 18.5 Å². The molecule has 158 valence electrons. The first-order chi connectivity index (χ1) is 14.0. The molecule has 0 N–H and O–H groups in total. The first kappa shape index (κ1) is 21.7. The molecule has 0 saturated heterocycles. The molecule has 0 amide bonds. The highest BCUT2D eigenvalue weighted by Crippen LogP contribution is 2.32. The van der Waals surface area contributed by atoms with Crippen LogP contribution in [-0.2, 0) is 11.4 Å². The summed E-state index contributed by atoms with van der Waals surface area (Å²) in [6, 6.07) is 10.3. The topological polar surface area (TPSA) is 48.3 Å². The first-order valence-electron chi connectivity index (χ1n) is 9.79. The van der Waals surface area contributed by atoms with Crippen LogP contribution < -0.4 is 5.43 Å². The standard InChI is InChI=1S/C24H25F2NO3/c1-14-7-6-8-17(21(14)25)11-16-9-10-20-18(12-16)22(28)19(23(29)30-26)13-27(20)15(2)24(3,4)5/h6-10,12-13,15H,11H2,1-5H3. The molecule has 0 bridgehead atoms. The van der Waals surface area contributed by atoms with Gasteiger partial charge in [0.1, 0.15) is 11.4 Å². The highest BCUT2D eigenvalue weighted by Gasteiger charge is 2.26. The molecular weight excluding hydrogens is 388 g/mol. The van der Waals surface area contributed by atoms with Crippen LogP contribution in [-0.4, -0.2) is 10.5 Å². The van der Waals surface area contributed by atoms with E-state index < -0.39 is 11.4 Å². The molecule has 0 fully saturated rings. The fourth-order valence-electron chi connectivity index (χ4n) is 3.50. The average Bonchev–Trinajstić information content (AvgIpc) is 2.70. The molecular formula is C24H25F2NO3. The molecule has 1 heterocycles. The van der Waals surface area contributed by atoms with Crippen LogP contribution in [0.1, 0.15) is 60.8 Å². The third-order valence-electron chi connectivity index (χ3n) is 5.72. The van der Waals surface area contributed by atoms with E-state index in [0.29, 0.717) is 22.2 Å². The lowest BCUT2D eigenvalue weighted by Gasteiger charge is -2.31. The van der Waals surface area contributed by atoms with Gasteiger partial charge in [0, 0.05) is 28.6 Å². The molecule has 0 aliphatic carbocycles. The lowest BCUT2D eigenvalue weighted by molar-refractivity contribution is -0.0789. The van der Waals surface area contributed by atoms with Crippen molar-refractivity contribution in [2.75, 3.05) is 0 Å². The van der Waals surface area contributed by atoms with E-state index in [4.69, 9.17) is 0 Å². The molecule has 0 aliphatic rings. The number of halogens is 2. The van der Waals surface area contributed by atoms with Crippen molar-refractivity contribution in [3.63, 3.8) is 0 Å². The van der Waals surface area contributed by atoms with Gasteiger partial charge in [-0.05, 0) is 48.1 Å². The lowest BCUT2D eigenvalue weighted by Crippen LogP contribution is -2.26. The SMILES string of the molecule is Cc1cccc(Cc2ccc3c(c2)c(=O)c(C(=O)OF)cn3C(C)C(C)(C)C)c1F. The zero-order valence-corrected chi connectivity index (χ0v) is 17.8. The second-order valence-corrected chi connectivity index (χ2v) is 8.76. The van der Waals surface area contributed by atoms with Crippen molar-refractivity contribution < 1.29 is 18.7 Å². The van der Waals surface area contributed by atoms with Gasteiger partial charge in [-0.15, -0.1) is 0 Å². The molecule has 0 spiro atoms. The molecule has 0 aliphatic heterocycles. The molecule has 3 aromatic rings. The van der Waals surface area contributed by atoms with Crippen molar-refractivity contribution in [1.82, 2.24) is 4.57 Å². The summed E-state index contributed by atoms with van der Waals surface area (Å²) in [7, 11) is 0. The normalized spacial score (nSPS) is 12.8. The number of rotatable bonds is 4. The lowest BCUT2D eigenvalue weighted by atomic mass is 9.87. The summed E-state index contributed by atoms with van der Waals surface area (Å²) in [6.07, 6.45) is 1.64. The minimum atomic E-state index is -1.33. The number of nitrogens with zero attached hydrogens (tertiary/aromatic N) is 1. The third kappa shape index (κ3) is 3.99. The van der Waals surface area contributed by atoms with Gasteiger partial charge in [-0.3, -0.25) is 4.79 Å². The Morgan fingerprint density at radius 3 is 2.53 bits per heavy atom. The van der Waals surface area contributed by atoms with Crippen LogP contribution in [0.5, 0.6) is 0 Å². The molecule has 0 radical (unpaired) electrons. The Labute approximate surface area is 174 Å². The van der Waals surface area contributed by atoms with Gasteiger partial charge < -0.3 is 4.57 Å². The molecule has 0 saturated carbocycles. The Morgan fingerprint density at radius 1 is 1.20 bits per heavy atom. The number of carbonyl (C=O) groups excluding carboxylic acids is 1. The highest BCUT2D eigenvalue weighted by molar-refractivity contribution is 5.93. The molecule has 1 aromatic heterocycles. The summed E-state index contributed by atoms with van der Waals surface area (Å²) < 4.78 is 28.8. The van der Waals surface area contributed by atoms with Gasteiger partial charge in [-0.2, -0.15) is 0 Å². The summed E-state index contributed by atoms with van der Waals surface area (Å²) >= 11 is 0.